The molecule has 124 valence electrons. The summed E-state index contributed by atoms with van der Waals surface area (Å²) in [6, 6.07) is 16.0. The summed E-state index contributed by atoms with van der Waals surface area (Å²) in [4.78, 5) is 9.06. The number of hydrogen-bond donors (Lipinski definition) is 0. The minimum absolute atomic E-state index is 0.657. The van der Waals surface area contributed by atoms with E-state index in [1.165, 1.54) is 0 Å². The third kappa shape index (κ3) is 3.82. The number of para-hydroxylation sites is 2. The van der Waals surface area contributed by atoms with Crippen LogP contribution in [0.3, 0.4) is 0 Å². The van der Waals surface area contributed by atoms with Crippen LogP contribution in [-0.4, -0.2) is 22.4 Å². The zero-order chi connectivity index (χ0) is 16.9. The van der Waals surface area contributed by atoms with Gasteiger partial charge in [-0.3, -0.25) is 0 Å². The van der Waals surface area contributed by atoms with Crippen molar-refractivity contribution in [1.82, 2.24) is 9.55 Å². The van der Waals surface area contributed by atoms with Crippen molar-refractivity contribution >= 4 is 23.2 Å². The molecule has 2 aromatic carbocycles. The number of aliphatic imine (C=N–C) groups is 1. The largest absolute Gasteiger partial charge is 0.494 e. The molecular formula is C20H23N3O. The van der Waals surface area contributed by atoms with E-state index in [-0.39, 0.29) is 0 Å². The molecule has 24 heavy (non-hydrogen) atoms. The van der Waals surface area contributed by atoms with E-state index >= 15 is 0 Å². The maximum Gasteiger partial charge on any atom is 0.230 e. The Morgan fingerprint density at radius 3 is 2.58 bits per heavy atom. The first-order valence-electron chi connectivity index (χ1n) is 8.32. The average Bonchev–Trinajstić information content (AvgIpc) is 2.90. The SMILES string of the molecule is CC(C)CCOc1ccc(C=Nc2nc3ccccc3n2C)cc1. The molecular weight excluding hydrogens is 298 g/mol. The van der Waals surface area contributed by atoms with Gasteiger partial charge in [-0.05, 0) is 54.3 Å². The summed E-state index contributed by atoms with van der Waals surface area (Å²) in [5.74, 6) is 2.26. The summed E-state index contributed by atoms with van der Waals surface area (Å²) >= 11 is 0. The van der Waals surface area contributed by atoms with Crippen molar-refractivity contribution in [2.24, 2.45) is 18.0 Å². The Bertz CT molecular complexity index is 832. The van der Waals surface area contributed by atoms with Crippen molar-refractivity contribution in [2.75, 3.05) is 6.61 Å². The summed E-state index contributed by atoms with van der Waals surface area (Å²) < 4.78 is 7.73. The molecule has 0 fully saturated rings. The normalized spacial score (nSPS) is 11.7. The van der Waals surface area contributed by atoms with E-state index in [4.69, 9.17) is 4.74 Å². The standard InChI is InChI=1S/C20H23N3O/c1-15(2)12-13-24-17-10-8-16(9-11-17)14-21-20-22-18-6-4-5-7-19(18)23(20)3/h4-11,14-15H,12-13H2,1-3H3. The second-order valence-corrected chi connectivity index (χ2v) is 6.32. The maximum atomic E-state index is 5.73. The Morgan fingerprint density at radius 2 is 1.88 bits per heavy atom. The van der Waals surface area contributed by atoms with Gasteiger partial charge in [-0.2, -0.15) is 0 Å². The van der Waals surface area contributed by atoms with Crippen LogP contribution in [0, 0.1) is 5.92 Å². The lowest BCUT2D eigenvalue weighted by Crippen LogP contribution is -2.01. The van der Waals surface area contributed by atoms with Crippen molar-refractivity contribution in [3.05, 3.63) is 54.1 Å². The van der Waals surface area contributed by atoms with Crippen LogP contribution in [0.1, 0.15) is 25.8 Å². The fourth-order valence-electron chi connectivity index (χ4n) is 2.44. The van der Waals surface area contributed by atoms with Gasteiger partial charge >= 0.3 is 0 Å². The van der Waals surface area contributed by atoms with Crippen LogP contribution < -0.4 is 4.74 Å². The highest BCUT2D eigenvalue weighted by Gasteiger charge is 2.04. The van der Waals surface area contributed by atoms with Crippen LogP contribution in [0.5, 0.6) is 5.75 Å². The first-order chi connectivity index (χ1) is 11.6. The molecule has 0 aliphatic carbocycles. The van der Waals surface area contributed by atoms with Crippen LogP contribution in [0.15, 0.2) is 53.5 Å². The first-order valence-corrected chi connectivity index (χ1v) is 8.32. The molecule has 1 heterocycles. The Hall–Kier alpha value is -2.62. The van der Waals surface area contributed by atoms with Crippen LogP contribution in [-0.2, 0) is 7.05 Å². The van der Waals surface area contributed by atoms with E-state index in [1.54, 1.807) is 0 Å². The van der Waals surface area contributed by atoms with Gasteiger partial charge in [-0.1, -0.05) is 26.0 Å². The number of imidazole rings is 1. The predicted molar refractivity (Wildman–Crippen MR) is 99.4 cm³/mol. The number of rotatable bonds is 6. The number of benzene rings is 2. The lowest BCUT2D eigenvalue weighted by atomic mass is 10.1. The molecule has 0 saturated carbocycles. The molecule has 0 atom stereocenters. The number of aryl methyl sites for hydroxylation is 1. The topological polar surface area (TPSA) is 39.4 Å². The smallest absolute Gasteiger partial charge is 0.230 e. The van der Waals surface area contributed by atoms with E-state index in [1.807, 2.05) is 66.4 Å². The molecule has 3 rings (SSSR count). The van der Waals surface area contributed by atoms with Gasteiger partial charge in [0.15, 0.2) is 0 Å². The fourth-order valence-corrected chi connectivity index (χ4v) is 2.44. The molecule has 0 bridgehead atoms. The van der Waals surface area contributed by atoms with Gasteiger partial charge in [0, 0.05) is 13.3 Å². The highest BCUT2D eigenvalue weighted by atomic mass is 16.5. The third-order valence-corrected chi connectivity index (χ3v) is 3.94. The van der Waals surface area contributed by atoms with E-state index in [2.05, 4.69) is 23.8 Å². The lowest BCUT2D eigenvalue weighted by molar-refractivity contribution is 0.289. The average molecular weight is 321 g/mol. The minimum atomic E-state index is 0.657. The monoisotopic (exact) mass is 321 g/mol. The number of fused-ring (bicyclic) bond motifs is 1. The second kappa shape index (κ2) is 7.30. The van der Waals surface area contributed by atoms with Crippen LogP contribution in [0.25, 0.3) is 11.0 Å². The molecule has 0 unspecified atom stereocenters. The molecule has 0 aliphatic rings. The van der Waals surface area contributed by atoms with E-state index < -0.39 is 0 Å². The molecule has 3 aromatic rings. The van der Waals surface area contributed by atoms with Gasteiger partial charge in [-0.25, -0.2) is 9.98 Å². The second-order valence-electron chi connectivity index (χ2n) is 6.32. The number of ether oxygens (including phenoxy) is 1. The summed E-state index contributed by atoms with van der Waals surface area (Å²) in [5.41, 5.74) is 3.07. The Labute approximate surface area is 142 Å². The zero-order valence-electron chi connectivity index (χ0n) is 14.4. The highest BCUT2D eigenvalue weighted by molar-refractivity contribution is 5.83. The van der Waals surface area contributed by atoms with Gasteiger partial charge in [0.05, 0.1) is 17.6 Å². The molecule has 0 spiro atoms. The quantitative estimate of drug-likeness (QED) is 0.615. The van der Waals surface area contributed by atoms with Gasteiger partial charge in [0.1, 0.15) is 5.75 Å². The lowest BCUT2D eigenvalue weighted by Gasteiger charge is -2.07. The molecule has 0 aliphatic heterocycles. The molecule has 0 radical (unpaired) electrons. The van der Waals surface area contributed by atoms with E-state index in [0.717, 1.165) is 35.4 Å². The molecule has 0 saturated heterocycles. The fraction of sp³-hybridized carbons (Fsp3) is 0.300. The van der Waals surface area contributed by atoms with Gasteiger partial charge in [0.2, 0.25) is 5.95 Å². The van der Waals surface area contributed by atoms with E-state index in [0.29, 0.717) is 11.9 Å². The third-order valence-electron chi connectivity index (χ3n) is 3.94. The van der Waals surface area contributed by atoms with Gasteiger partial charge in [-0.15, -0.1) is 0 Å². The highest BCUT2D eigenvalue weighted by Crippen LogP contribution is 2.20. The molecule has 0 amide bonds. The minimum Gasteiger partial charge on any atom is -0.494 e. The summed E-state index contributed by atoms with van der Waals surface area (Å²) in [7, 11) is 1.98. The predicted octanol–water partition coefficient (Wildman–Crippen LogP) is 4.75. The van der Waals surface area contributed by atoms with Crippen molar-refractivity contribution in [2.45, 2.75) is 20.3 Å². The molecule has 1 aromatic heterocycles. The van der Waals surface area contributed by atoms with E-state index in [9.17, 15) is 0 Å². The van der Waals surface area contributed by atoms with Crippen LogP contribution in [0.4, 0.5) is 5.95 Å². The Balaban J connectivity index is 1.68. The van der Waals surface area contributed by atoms with Crippen molar-refractivity contribution in [1.29, 1.82) is 0 Å². The van der Waals surface area contributed by atoms with Gasteiger partial charge < -0.3 is 9.30 Å². The summed E-state index contributed by atoms with van der Waals surface area (Å²) in [6.07, 6.45) is 2.90. The summed E-state index contributed by atoms with van der Waals surface area (Å²) in [6.45, 7) is 5.15. The van der Waals surface area contributed by atoms with Crippen molar-refractivity contribution in [3.8, 4) is 5.75 Å². The van der Waals surface area contributed by atoms with Crippen LogP contribution >= 0.6 is 0 Å². The maximum absolute atomic E-state index is 5.73. The van der Waals surface area contributed by atoms with Crippen LogP contribution in [0.2, 0.25) is 0 Å². The Kier molecular flexibility index (Phi) is 4.94. The molecule has 0 N–H and O–H groups in total. The van der Waals surface area contributed by atoms with Gasteiger partial charge in [0.25, 0.3) is 0 Å². The Morgan fingerprint density at radius 1 is 1.12 bits per heavy atom. The number of aromatic nitrogens is 2. The molecule has 4 heteroatoms. The zero-order valence-corrected chi connectivity index (χ0v) is 14.4. The molecule has 4 nitrogen and oxygen atoms in total. The van der Waals surface area contributed by atoms with Crippen molar-refractivity contribution in [3.63, 3.8) is 0 Å². The summed E-state index contributed by atoms with van der Waals surface area (Å²) in [5, 5.41) is 0. The number of hydrogen-bond acceptors (Lipinski definition) is 3. The number of nitrogens with zero attached hydrogens (tertiary/aromatic N) is 3. The first kappa shape index (κ1) is 16.2. The van der Waals surface area contributed by atoms with Crippen molar-refractivity contribution < 1.29 is 4.74 Å².